The van der Waals surface area contributed by atoms with Crippen molar-refractivity contribution in [1.29, 1.82) is 0 Å². The molecule has 0 radical (unpaired) electrons. The fraction of sp³-hybridized carbons (Fsp3) is 1.00. The molecule has 2 fully saturated rings. The van der Waals surface area contributed by atoms with Gasteiger partial charge in [0.25, 0.3) is 0 Å². The van der Waals surface area contributed by atoms with Gasteiger partial charge in [0, 0.05) is 0 Å². The second-order valence-corrected chi connectivity index (χ2v) is 5.63. The van der Waals surface area contributed by atoms with E-state index >= 15 is 0 Å². The summed E-state index contributed by atoms with van der Waals surface area (Å²) in [4.78, 5) is 0. The van der Waals surface area contributed by atoms with Crippen LogP contribution in [0.1, 0.15) is 0 Å². The smallest absolute Gasteiger partial charge is 0.221 e. The largest absolute Gasteiger partial charge is 0.391 e. The van der Waals surface area contributed by atoms with Gasteiger partial charge in [-0.15, -0.1) is 0 Å². The van der Waals surface area contributed by atoms with Crippen LogP contribution in [0.25, 0.3) is 0 Å². The Hall–Kier alpha value is -0.440. The Morgan fingerprint density at radius 3 is 2.17 bits per heavy atom. The summed E-state index contributed by atoms with van der Waals surface area (Å²) in [5, 5.41) is 76.6. The normalized spacial score (nSPS) is 51.7. The van der Waals surface area contributed by atoms with Crippen LogP contribution < -0.4 is 0 Å². The second kappa shape index (κ2) is 7.21. The van der Waals surface area contributed by atoms with E-state index in [1.807, 2.05) is 0 Å². The number of rotatable bonds is 4. The van der Waals surface area contributed by atoms with Gasteiger partial charge in [-0.3, -0.25) is 0 Å². The van der Waals surface area contributed by atoms with Gasteiger partial charge in [-0.25, -0.2) is 0 Å². The zero-order chi connectivity index (χ0) is 17.4. The summed E-state index contributed by atoms with van der Waals surface area (Å²) in [6.45, 7) is -1.85. The van der Waals surface area contributed by atoms with Gasteiger partial charge >= 0.3 is 0 Å². The highest BCUT2D eigenvalue weighted by atomic mass is 16.7. The molecule has 2 rings (SSSR count). The Labute approximate surface area is 130 Å². The maximum absolute atomic E-state index is 9.94. The molecular weight excluding hydrogens is 320 g/mol. The summed E-state index contributed by atoms with van der Waals surface area (Å²) in [5.74, 6) is -2.08. The summed E-state index contributed by atoms with van der Waals surface area (Å²) < 4.78 is 15.2. The molecule has 2 aliphatic heterocycles. The molecule has 0 aliphatic carbocycles. The molecule has 0 aromatic heterocycles. The molecule has 2 saturated heterocycles. The Bertz CT molecular complexity index is 395. The third kappa shape index (κ3) is 3.50. The Kier molecular flexibility index (Phi) is 5.92. The van der Waals surface area contributed by atoms with Crippen molar-refractivity contribution < 1.29 is 55.1 Å². The fourth-order valence-electron chi connectivity index (χ4n) is 2.48. The number of hydrogen-bond acceptors (Lipinski definition) is 11. The van der Waals surface area contributed by atoms with Gasteiger partial charge in [0.15, 0.2) is 6.29 Å². The monoisotopic (exact) mass is 342 g/mol. The summed E-state index contributed by atoms with van der Waals surface area (Å²) in [7, 11) is 0. The van der Waals surface area contributed by atoms with E-state index in [9.17, 15) is 40.9 Å². The van der Waals surface area contributed by atoms with Crippen LogP contribution >= 0.6 is 0 Å². The predicted octanol–water partition coefficient (Wildman–Crippen LogP) is -5.40. The van der Waals surface area contributed by atoms with E-state index in [1.165, 1.54) is 0 Å². The predicted molar refractivity (Wildman–Crippen MR) is 68.6 cm³/mol. The molecule has 23 heavy (non-hydrogen) atoms. The van der Waals surface area contributed by atoms with E-state index < -0.39 is 74.6 Å². The first-order valence-corrected chi connectivity index (χ1v) is 7.04. The fourth-order valence-corrected chi connectivity index (χ4v) is 2.48. The topological polar surface area (TPSA) is 190 Å². The van der Waals surface area contributed by atoms with E-state index in [-0.39, 0.29) is 0 Å². The maximum Gasteiger partial charge on any atom is 0.221 e. The van der Waals surface area contributed by atoms with Crippen LogP contribution in [0.3, 0.4) is 0 Å². The van der Waals surface area contributed by atoms with Gasteiger partial charge in [-0.05, 0) is 0 Å². The highest BCUT2D eigenvalue weighted by Gasteiger charge is 2.52. The standard InChI is InChI=1S/C12H22O11/c13-3-12(10(19)6(15)4(14)1-21-12)22-2-5-7(16)8(17)9(18)11(20)23-5/h4-11,13-20H,1-3H2/t4-,5+,6-,7+,8-,9+,10+,11+,12-/m0/s1. The molecule has 0 bridgehead atoms. The van der Waals surface area contributed by atoms with Gasteiger partial charge in [-0.2, -0.15) is 0 Å². The van der Waals surface area contributed by atoms with Crippen molar-refractivity contribution in [2.24, 2.45) is 0 Å². The van der Waals surface area contributed by atoms with Crippen molar-refractivity contribution in [2.75, 3.05) is 19.8 Å². The second-order valence-electron chi connectivity index (χ2n) is 5.63. The zero-order valence-electron chi connectivity index (χ0n) is 12.0. The van der Waals surface area contributed by atoms with Crippen molar-refractivity contribution in [2.45, 2.75) is 54.8 Å². The minimum atomic E-state index is -2.08. The summed E-state index contributed by atoms with van der Waals surface area (Å²) in [5.41, 5.74) is 0. The Morgan fingerprint density at radius 2 is 1.57 bits per heavy atom. The number of hydrogen-bond donors (Lipinski definition) is 8. The molecule has 8 N–H and O–H groups in total. The first-order valence-electron chi connectivity index (χ1n) is 7.04. The van der Waals surface area contributed by atoms with E-state index in [2.05, 4.69) is 0 Å². The third-order valence-electron chi connectivity index (χ3n) is 4.07. The minimum absolute atomic E-state index is 0.420. The van der Waals surface area contributed by atoms with E-state index in [1.54, 1.807) is 0 Å². The van der Waals surface area contributed by atoms with Crippen LogP contribution in [-0.2, 0) is 14.2 Å². The third-order valence-corrected chi connectivity index (χ3v) is 4.07. The molecule has 0 saturated carbocycles. The highest BCUT2D eigenvalue weighted by Crippen LogP contribution is 2.29. The molecule has 2 aliphatic rings. The van der Waals surface area contributed by atoms with Crippen LogP contribution in [0.4, 0.5) is 0 Å². The average Bonchev–Trinajstić information content (AvgIpc) is 2.55. The van der Waals surface area contributed by atoms with Crippen LogP contribution in [-0.4, -0.2) is 115 Å². The first-order chi connectivity index (χ1) is 10.7. The molecule has 0 aromatic carbocycles. The molecule has 2 heterocycles. The summed E-state index contributed by atoms with van der Waals surface area (Å²) in [6, 6.07) is 0. The van der Waals surface area contributed by atoms with Gasteiger partial charge in [-0.1, -0.05) is 0 Å². The zero-order valence-corrected chi connectivity index (χ0v) is 12.0. The quantitative estimate of drug-likeness (QED) is 0.243. The van der Waals surface area contributed by atoms with Gasteiger partial charge < -0.3 is 55.1 Å². The lowest BCUT2D eigenvalue weighted by molar-refractivity contribution is -0.364. The van der Waals surface area contributed by atoms with Crippen molar-refractivity contribution in [3.8, 4) is 0 Å². The number of aliphatic hydroxyl groups excluding tert-OH is 8. The van der Waals surface area contributed by atoms with E-state index in [0.717, 1.165) is 0 Å². The summed E-state index contributed by atoms with van der Waals surface area (Å²) in [6.07, 6.45) is -12.9. The molecule has 9 atom stereocenters. The molecule has 0 aromatic rings. The minimum Gasteiger partial charge on any atom is -0.391 e. The van der Waals surface area contributed by atoms with Crippen LogP contribution in [0.2, 0.25) is 0 Å². The first kappa shape index (κ1) is 18.9. The van der Waals surface area contributed by atoms with Crippen molar-refractivity contribution in [3.63, 3.8) is 0 Å². The SMILES string of the molecule is OC[C@@]1(OC[C@H]2O[C@@H](O)[C@H](O)[C@@H](O)[C@@H]2O)OC[C@H](O)[C@H](O)[C@H]1O. The Balaban J connectivity index is 2.03. The lowest BCUT2D eigenvalue weighted by atomic mass is 9.96. The van der Waals surface area contributed by atoms with Crippen molar-refractivity contribution >= 4 is 0 Å². The van der Waals surface area contributed by atoms with Crippen molar-refractivity contribution in [1.82, 2.24) is 0 Å². The lowest BCUT2D eigenvalue weighted by Crippen LogP contribution is -2.65. The molecule has 136 valence electrons. The number of ether oxygens (including phenoxy) is 3. The van der Waals surface area contributed by atoms with Gasteiger partial charge in [0.1, 0.15) is 49.3 Å². The average molecular weight is 342 g/mol. The van der Waals surface area contributed by atoms with Crippen LogP contribution in [0.5, 0.6) is 0 Å². The molecule has 0 spiro atoms. The highest BCUT2D eigenvalue weighted by molar-refractivity contribution is 4.94. The maximum atomic E-state index is 9.94. The molecule has 0 unspecified atom stereocenters. The molecule has 11 heteroatoms. The van der Waals surface area contributed by atoms with E-state index in [0.29, 0.717) is 0 Å². The van der Waals surface area contributed by atoms with E-state index in [4.69, 9.17) is 14.2 Å². The van der Waals surface area contributed by atoms with Gasteiger partial charge in [0.2, 0.25) is 5.79 Å². The van der Waals surface area contributed by atoms with Gasteiger partial charge in [0.05, 0.1) is 13.2 Å². The lowest BCUT2D eigenvalue weighted by Gasteiger charge is -2.45. The molecule has 0 amide bonds. The number of aliphatic hydroxyl groups is 8. The van der Waals surface area contributed by atoms with Crippen LogP contribution in [0, 0.1) is 0 Å². The van der Waals surface area contributed by atoms with Crippen molar-refractivity contribution in [3.05, 3.63) is 0 Å². The Morgan fingerprint density at radius 1 is 0.913 bits per heavy atom. The molecular formula is C12H22O11. The summed E-state index contributed by atoms with van der Waals surface area (Å²) >= 11 is 0. The van der Waals surface area contributed by atoms with Crippen LogP contribution in [0.15, 0.2) is 0 Å². The molecule has 11 nitrogen and oxygen atoms in total.